The van der Waals surface area contributed by atoms with E-state index in [2.05, 4.69) is 58.7 Å². The SMILES string of the molecule is CC(SCS)C(C(C)SCS)C(C)SCS. The zero-order valence-electron chi connectivity index (χ0n) is 10.00. The van der Waals surface area contributed by atoms with Gasteiger partial charge in [-0.15, -0.1) is 35.3 Å². The molecule has 3 unspecified atom stereocenters. The van der Waals surface area contributed by atoms with Crippen molar-refractivity contribution in [2.24, 2.45) is 5.92 Å². The van der Waals surface area contributed by atoms with Gasteiger partial charge in [0, 0.05) is 31.0 Å². The third kappa shape index (κ3) is 6.88. The minimum Gasteiger partial charge on any atom is -0.168 e. The molecule has 0 nitrogen and oxygen atoms in total. The molecule has 0 aromatic carbocycles. The quantitative estimate of drug-likeness (QED) is 0.416. The van der Waals surface area contributed by atoms with Gasteiger partial charge in [-0.1, -0.05) is 20.8 Å². The Morgan fingerprint density at radius 3 is 1.12 bits per heavy atom. The molecule has 0 radical (unpaired) electrons. The molecule has 0 amide bonds. The van der Waals surface area contributed by atoms with Crippen LogP contribution in [0.3, 0.4) is 0 Å². The molecule has 0 saturated heterocycles. The van der Waals surface area contributed by atoms with Crippen LogP contribution >= 0.6 is 73.2 Å². The second kappa shape index (κ2) is 11.0. The van der Waals surface area contributed by atoms with Crippen LogP contribution in [0.25, 0.3) is 0 Å². The molecule has 6 heteroatoms. The molecular formula is C10H22S6. The third-order valence-corrected chi connectivity index (χ3v) is 6.95. The van der Waals surface area contributed by atoms with Gasteiger partial charge in [0.25, 0.3) is 0 Å². The van der Waals surface area contributed by atoms with E-state index in [9.17, 15) is 0 Å². The Hall–Kier alpha value is 2.10. The maximum absolute atomic E-state index is 4.31. The lowest BCUT2D eigenvalue weighted by Crippen LogP contribution is -2.32. The van der Waals surface area contributed by atoms with Gasteiger partial charge in [0.05, 0.1) is 0 Å². The van der Waals surface area contributed by atoms with Crippen LogP contribution in [0.1, 0.15) is 20.8 Å². The van der Waals surface area contributed by atoms with Gasteiger partial charge in [0.2, 0.25) is 0 Å². The van der Waals surface area contributed by atoms with Crippen molar-refractivity contribution in [3.63, 3.8) is 0 Å². The molecule has 0 rings (SSSR count). The Morgan fingerprint density at radius 1 is 0.688 bits per heavy atom. The molecule has 0 aliphatic heterocycles. The van der Waals surface area contributed by atoms with Crippen LogP contribution in [-0.2, 0) is 0 Å². The number of thiol groups is 3. The molecule has 0 aromatic rings. The molecule has 16 heavy (non-hydrogen) atoms. The van der Waals surface area contributed by atoms with Crippen molar-refractivity contribution in [1.29, 1.82) is 0 Å². The number of rotatable bonds is 9. The van der Waals surface area contributed by atoms with Crippen molar-refractivity contribution in [2.75, 3.05) is 15.3 Å². The molecule has 0 aliphatic carbocycles. The first-order valence-corrected chi connectivity index (χ1v) is 10.3. The monoisotopic (exact) mass is 334 g/mol. The normalized spacial score (nSPS) is 19.1. The minimum atomic E-state index is 0.641. The molecule has 98 valence electrons. The van der Waals surface area contributed by atoms with Crippen LogP contribution in [0.15, 0.2) is 0 Å². The summed E-state index contributed by atoms with van der Waals surface area (Å²) in [6.45, 7) is 6.95. The van der Waals surface area contributed by atoms with E-state index >= 15 is 0 Å². The van der Waals surface area contributed by atoms with E-state index < -0.39 is 0 Å². The first-order valence-electron chi connectivity index (χ1n) is 5.25. The van der Waals surface area contributed by atoms with Crippen molar-refractivity contribution in [3.05, 3.63) is 0 Å². The smallest absolute Gasteiger partial charge is 0.0364 e. The van der Waals surface area contributed by atoms with Crippen molar-refractivity contribution in [3.8, 4) is 0 Å². The molecule has 0 N–H and O–H groups in total. The van der Waals surface area contributed by atoms with Gasteiger partial charge < -0.3 is 0 Å². The van der Waals surface area contributed by atoms with E-state index in [4.69, 9.17) is 0 Å². The topological polar surface area (TPSA) is 0 Å². The van der Waals surface area contributed by atoms with Crippen molar-refractivity contribution in [2.45, 2.75) is 36.5 Å². The first kappa shape index (κ1) is 18.1. The molecule has 3 atom stereocenters. The summed E-state index contributed by atoms with van der Waals surface area (Å²) in [5.74, 6) is 0.687. The Kier molecular flexibility index (Phi) is 12.4. The van der Waals surface area contributed by atoms with Gasteiger partial charge in [-0.3, -0.25) is 0 Å². The Bertz CT molecular complexity index is 137. The lowest BCUT2D eigenvalue weighted by molar-refractivity contribution is 0.515. The van der Waals surface area contributed by atoms with Gasteiger partial charge in [0.1, 0.15) is 0 Å². The first-order chi connectivity index (χ1) is 7.58. The maximum atomic E-state index is 4.31. The van der Waals surface area contributed by atoms with Gasteiger partial charge in [-0.2, -0.15) is 37.9 Å². The second-order valence-corrected chi connectivity index (χ2v) is 9.91. The van der Waals surface area contributed by atoms with Gasteiger partial charge in [0.15, 0.2) is 0 Å². The van der Waals surface area contributed by atoms with E-state index in [0.717, 1.165) is 15.3 Å². The maximum Gasteiger partial charge on any atom is 0.0364 e. The Balaban J connectivity index is 4.47. The molecule has 0 spiro atoms. The minimum absolute atomic E-state index is 0.641. The lowest BCUT2D eigenvalue weighted by atomic mass is 9.99. The van der Waals surface area contributed by atoms with E-state index in [1.54, 1.807) is 0 Å². The standard InChI is InChI=1S/C10H22S6/c1-7(14-4-11)10(8(2)15-5-12)9(3)16-6-13/h7-13H,4-6H2,1-3H3. The summed E-state index contributed by atoms with van der Waals surface area (Å²) in [7, 11) is 0. The van der Waals surface area contributed by atoms with E-state index in [0.29, 0.717) is 21.7 Å². The molecule has 0 aromatic heterocycles. The Morgan fingerprint density at radius 2 is 0.938 bits per heavy atom. The predicted octanol–water partition coefficient (Wildman–Crippen LogP) is 4.63. The van der Waals surface area contributed by atoms with Crippen molar-refractivity contribution >= 4 is 73.2 Å². The van der Waals surface area contributed by atoms with Crippen LogP contribution < -0.4 is 0 Å². The van der Waals surface area contributed by atoms with Gasteiger partial charge in [-0.25, -0.2) is 0 Å². The number of thioether (sulfide) groups is 3. The summed E-state index contributed by atoms with van der Waals surface area (Å²) >= 11 is 18.8. The highest BCUT2D eigenvalue weighted by atomic mass is 32.2. The number of hydrogen-bond donors (Lipinski definition) is 3. The van der Waals surface area contributed by atoms with Crippen LogP contribution in [-0.4, -0.2) is 31.0 Å². The molecular weight excluding hydrogens is 313 g/mol. The Labute approximate surface area is 130 Å². The summed E-state index contributed by atoms with van der Waals surface area (Å²) in [6.07, 6.45) is 0. The molecule has 0 fully saturated rings. The largest absolute Gasteiger partial charge is 0.168 e. The van der Waals surface area contributed by atoms with Gasteiger partial charge in [-0.05, 0) is 5.92 Å². The number of hydrogen-bond acceptors (Lipinski definition) is 6. The summed E-state index contributed by atoms with van der Waals surface area (Å²) in [5, 5.41) is 4.61. The van der Waals surface area contributed by atoms with E-state index in [-0.39, 0.29) is 0 Å². The van der Waals surface area contributed by atoms with Crippen LogP contribution in [0.5, 0.6) is 0 Å². The molecule has 0 bridgehead atoms. The summed E-state index contributed by atoms with van der Waals surface area (Å²) in [5.41, 5.74) is 0. The summed E-state index contributed by atoms with van der Waals surface area (Å²) < 4.78 is 0. The highest BCUT2D eigenvalue weighted by Gasteiger charge is 2.29. The van der Waals surface area contributed by atoms with Crippen molar-refractivity contribution in [1.82, 2.24) is 0 Å². The summed E-state index contributed by atoms with van der Waals surface area (Å²) in [6, 6.07) is 0. The molecule has 0 heterocycles. The fourth-order valence-corrected chi connectivity index (χ4v) is 7.03. The summed E-state index contributed by atoms with van der Waals surface area (Å²) in [4.78, 5) is 0. The van der Waals surface area contributed by atoms with Crippen LogP contribution in [0, 0.1) is 5.92 Å². The van der Waals surface area contributed by atoms with Crippen LogP contribution in [0.4, 0.5) is 0 Å². The predicted molar refractivity (Wildman–Crippen MR) is 96.2 cm³/mol. The van der Waals surface area contributed by atoms with Crippen LogP contribution in [0.2, 0.25) is 0 Å². The highest BCUT2D eigenvalue weighted by Crippen LogP contribution is 2.36. The van der Waals surface area contributed by atoms with E-state index in [1.165, 1.54) is 0 Å². The average Bonchev–Trinajstić information content (AvgIpc) is 2.19. The fraction of sp³-hybridized carbons (Fsp3) is 1.00. The fourth-order valence-electron chi connectivity index (χ4n) is 1.83. The van der Waals surface area contributed by atoms with Crippen molar-refractivity contribution < 1.29 is 0 Å². The highest BCUT2D eigenvalue weighted by molar-refractivity contribution is 8.11. The third-order valence-electron chi connectivity index (χ3n) is 2.64. The van der Waals surface area contributed by atoms with Gasteiger partial charge >= 0.3 is 0 Å². The lowest BCUT2D eigenvalue weighted by Gasteiger charge is -2.33. The molecule has 0 saturated carbocycles. The zero-order chi connectivity index (χ0) is 12.6. The zero-order valence-corrected chi connectivity index (χ0v) is 15.1. The van der Waals surface area contributed by atoms with E-state index in [1.807, 2.05) is 35.3 Å². The average molecular weight is 335 g/mol. The second-order valence-electron chi connectivity index (χ2n) is 3.58. The molecule has 0 aliphatic rings.